The highest BCUT2D eigenvalue weighted by Gasteiger charge is 2.39. The lowest BCUT2D eigenvalue weighted by molar-refractivity contribution is 0.174. The van der Waals surface area contributed by atoms with Gasteiger partial charge in [-0.25, -0.2) is 0 Å². The highest BCUT2D eigenvalue weighted by atomic mass is 32.2. The Balaban J connectivity index is 2.63. The van der Waals surface area contributed by atoms with Crippen molar-refractivity contribution >= 4 is 11.8 Å². The van der Waals surface area contributed by atoms with Crippen LogP contribution in [-0.4, -0.2) is 23.1 Å². The maximum Gasteiger partial charge on any atom is 0.0237 e. The van der Waals surface area contributed by atoms with E-state index in [1.807, 2.05) is 0 Å². The van der Waals surface area contributed by atoms with Gasteiger partial charge in [-0.2, -0.15) is 11.8 Å². The van der Waals surface area contributed by atoms with Gasteiger partial charge in [-0.1, -0.05) is 41.0 Å². The third kappa shape index (κ3) is 4.48. The Morgan fingerprint density at radius 2 is 2.06 bits per heavy atom. The Bertz CT molecular complexity index is 215. The summed E-state index contributed by atoms with van der Waals surface area (Å²) < 4.78 is 0. The maximum absolute atomic E-state index is 3.82. The molecule has 1 aliphatic carbocycles. The zero-order chi connectivity index (χ0) is 12.9. The van der Waals surface area contributed by atoms with E-state index in [0.29, 0.717) is 11.5 Å². The predicted octanol–water partition coefficient (Wildman–Crippen LogP) is 4.47. The standard InChI is InChI=1S/C15H31NS/c1-6-11-16-14-13(17-12(3)7-2)9-8-10-15(14,4)5/h12-14,16H,6-11H2,1-5H3. The highest BCUT2D eigenvalue weighted by Crippen LogP contribution is 2.42. The van der Waals surface area contributed by atoms with Gasteiger partial charge in [0.2, 0.25) is 0 Å². The molecule has 1 fully saturated rings. The highest BCUT2D eigenvalue weighted by molar-refractivity contribution is 8.00. The van der Waals surface area contributed by atoms with Gasteiger partial charge in [0.25, 0.3) is 0 Å². The molecule has 0 aromatic rings. The van der Waals surface area contributed by atoms with Crippen LogP contribution in [-0.2, 0) is 0 Å². The van der Waals surface area contributed by atoms with Crippen molar-refractivity contribution in [1.82, 2.24) is 5.32 Å². The van der Waals surface area contributed by atoms with Gasteiger partial charge in [-0.05, 0) is 37.6 Å². The van der Waals surface area contributed by atoms with Gasteiger partial charge in [0, 0.05) is 16.5 Å². The molecule has 0 aromatic heterocycles. The van der Waals surface area contributed by atoms with Crippen LogP contribution in [0.25, 0.3) is 0 Å². The summed E-state index contributed by atoms with van der Waals surface area (Å²) in [5.74, 6) is 0. The van der Waals surface area contributed by atoms with E-state index in [9.17, 15) is 0 Å². The summed E-state index contributed by atoms with van der Waals surface area (Å²) >= 11 is 2.22. The Kier molecular flexibility index (Phi) is 6.36. The maximum atomic E-state index is 3.82. The van der Waals surface area contributed by atoms with Crippen LogP contribution in [0.1, 0.15) is 66.7 Å². The van der Waals surface area contributed by atoms with Crippen LogP contribution in [0.3, 0.4) is 0 Å². The fourth-order valence-electron chi connectivity index (χ4n) is 2.83. The molecule has 102 valence electrons. The molecule has 0 amide bonds. The van der Waals surface area contributed by atoms with Crippen molar-refractivity contribution in [1.29, 1.82) is 0 Å². The van der Waals surface area contributed by atoms with Crippen LogP contribution < -0.4 is 5.32 Å². The number of hydrogen-bond donors (Lipinski definition) is 1. The lowest BCUT2D eigenvalue weighted by Crippen LogP contribution is -2.52. The molecule has 17 heavy (non-hydrogen) atoms. The lowest BCUT2D eigenvalue weighted by atomic mass is 9.73. The topological polar surface area (TPSA) is 12.0 Å². The largest absolute Gasteiger partial charge is 0.312 e. The molecule has 1 N–H and O–H groups in total. The smallest absolute Gasteiger partial charge is 0.0237 e. The molecule has 1 rings (SSSR count). The van der Waals surface area contributed by atoms with Gasteiger partial charge >= 0.3 is 0 Å². The van der Waals surface area contributed by atoms with E-state index in [-0.39, 0.29) is 0 Å². The second-order valence-electron chi connectivity index (χ2n) is 6.21. The molecule has 0 aliphatic heterocycles. The first kappa shape index (κ1) is 15.4. The molecule has 1 aliphatic rings. The van der Waals surface area contributed by atoms with Crippen LogP contribution in [0.5, 0.6) is 0 Å². The molecule has 0 aromatic carbocycles. The molecular formula is C15H31NS. The zero-order valence-corrected chi connectivity index (χ0v) is 13.2. The fourth-order valence-corrected chi connectivity index (χ4v) is 4.55. The third-order valence-corrected chi connectivity index (χ3v) is 5.78. The van der Waals surface area contributed by atoms with Gasteiger partial charge in [-0.3, -0.25) is 0 Å². The van der Waals surface area contributed by atoms with E-state index >= 15 is 0 Å². The summed E-state index contributed by atoms with van der Waals surface area (Å²) in [4.78, 5) is 0. The Hall–Kier alpha value is 0.310. The molecule has 0 bridgehead atoms. The Labute approximate surface area is 113 Å². The van der Waals surface area contributed by atoms with Crippen LogP contribution in [0.2, 0.25) is 0 Å². The normalized spacial score (nSPS) is 30.2. The summed E-state index contributed by atoms with van der Waals surface area (Å²) in [5.41, 5.74) is 0.471. The summed E-state index contributed by atoms with van der Waals surface area (Å²) in [6, 6.07) is 0.704. The van der Waals surface area contributed by atoms with Crippen molar-refractivity contribution < 1.29 is 0 Å². The Morgan fingerprint density at radius 1 is 1.35 bits per heavy atom. The number of nitrogens with one attached hydrogen (secondary N) is 1. The van der Waals surface area contributed by atoms with Crippen LogP contribution in [0, 0.1) is 5.41 Å². The van der Waals surface area contributed by atoms with E-state index in [1.54, 1.807) is 0 Å². The minimum atomic E-state index is 0.471. The van der Waals surface area contributed by atoms with Crippen molar-refractivity contribution in [3.05, 3.63) is 0 Å². The van der Waals surface area contributed by atoms with E-state index in [1.165, 1.54) is 38.6 Å². The van der Waals surface area contributed by atoms with Crippen molar-refractivity contribution in [2.45, 2.75) is 83.3 Å². The summed E-state index contributed by atoms with van der Waals surface area (Å²) in [6.07, 6.45) is 6.73. The van der Waals surface area contributed by atoms with Crippen molar-refractivity contribution in [3.63, 3.8) is 0 Å². The van der Waals surface area contributed by atoms with Crippen LogP contribution in [0.4, 0.5) is 0 Å². The van der Waals surface area contributed by atoms with E-state index in [4.69, 9.17) is 0 Å². The van der Waals surface area contributed by atoms with Gasteiger partial charge in [0.15, 0.2) is 0 Å². The molecule has 0 heterocycles. The molecule has 3 atom stereocenters. The summed E-state index contributed by atoms with van der Waals surface area (Å²) in [5, 5.41) is 5.45. The second kappa shape index (κ2) is 7.04. The first-order chi connectivity index (χ1) is 8.01. The lowest BCUT2D eigenvalue weighted by Gasteiger charge is -2.45. The van der Waals surface area contributed by atoms with Crippen LogP contribution in [0.15, 0.2) is 0 Å². The van der Waals surface area contributed by atoms with E-state index < -0.39 is 0 Å². The molecule has 2 heteroatoms. The molecular weight excluding hydrogens is 226 g/mol. The molecule has 1 nitrogen and oxygen atoms in total. The van der Waals surface area contributed by atoms with E-state index in [2.05, 4.69) is 51.7 Å². The monoisotopic (exact) mass is 257 g/mol. The quantitative estimate of drug-likeness (QED) is 0.753. The second-order valence-corrected chi connectivity index (χ2v) is 7.89. The van der Waals surface area contributed by atoms with Gasteiger partial charge in [0.05, 0.1) is 0 Å². The predicted molar refractivity (Wildman–Crippen MR) is 80.8 cm³/mol. The number of rotatable bonds is 6. The van der Waals surface area contributed by atoms with Crippen LogP contribution >= 0.6 is 11.8 Å². The zero-order valence-electron chi connectivity index (χ0n) is 12.4. The Morgan fingerprint density at radius 3 is 2.65 bits per heavy atom. The van der Waals surface area contributed by atoms with Crippen molar-refractivity contribution in [2.24, 2.45) is 5.41 Å². The van der Waals surface area contributed by atoms with E-state index in [0.717, 1.165) is 10.5 Å². The fraction of sp³-hybridized carbons (Fsp3) is 1.00. The minimum absolute atomic E-state index is 0.471. The number of hydrogen-bond acceptors (Lipinski definition) is 2. The third-order valence-electron chi connectivity index (χ3n) is 4.12. The average molecular weight is 257 g/mol. The average Bonchev–Trinajstić information content (AvgIpc) is 2.27. The first-order valence-corrected chi connectivity index (χ1v) is 8.34. The first-order valence-electron chi connectivity index (χ1n) is 7.40. The number of thioether (sulfide) groups is 1. The molecule has 3 unspecified atom stereocenters. The molecule has 0 radical (unpaired) electrons. The molecule has 0 spiro atoms. The summed E-state index contributed by atoms with van der Waals surface area (Å²) in [7, 11) is 0. The van der Waals surface area contributed by atoms with Crippen molar-refractivity contribution in [3.8, 4) is 0 Å². The van der Waals surface area contributed by atoms with Gasteiger partial charge < -0.3 is 5.32 Å². The van der Waals surface area contributed by atoms with Gasteiger partial charge in [0.1, 0.15) is 0 Å². The van der Waals surface area contributed by atoms with Gasteiger partial charge in [-0.15, -0.1) is 0 Å². The minimum Gasteiger partial charge on any atom is -0.312 e. The molecule has 1 saturated carbocycles. The van der Waals surface area contributed by atoms with Crippen molar-refractivity contribution in [2.75, 3.05) is 6.54 Å². The SMILES string of the molecule is CCCNC1C(SC(C)CC)CCCC1(C)C. The summed E-state index contributed by atoms with van der Waals surface area (Å²) in [6.45, 7) is 13.0. The molecule has 0 saturated heterocycles.